The quantitative estimate of drug-likeness (QED) is 0.760. The zero-order valence-electron chi connectivity index (χ0n) is 14.6. The van der Waals surface area contributed by atoms with Crippen LogP contribution < -0.4 is 14.8 Å². The molecule has 3 rings (SSSR count). The van der Waals surface area contributed by atoms with E-state index in [0.717, 1.165) is 5.56 Å². The molecule has 0 bridgehead atoms. The largest absolute Gasteiger partial charge is 0.495 e. The summed E-state index contributed by atoms with van der Waals surface area (Å²) in [5, 5.41) is 7.06. The monoisotopic (exact) mass is 355 g/mol. The number of nitrogens with zero attached hydrogens (tertiary/aromatic N) is 2. The van der Waals surface area contributed by atoms with Crippen LogP contribution in [0.5, 0.6) is 11.5 Å². The predicted molar refractivity (Wildman–Crippen MR) is 95.8 cm³/mol. The molecule has 0 saturated heterocycles. The molecular formula is C19H18FN3O3. The minimum atomic E-state index is -0.438. The highest BCUT2D eigenvalue weighted by Gasteiger charge is 2.20. The normalized spacial score (nSPS) is 10.5. The lowest BCUT2D eigenvalue weighted by Gasteiger charge is -2.10. The van der Waals surface area contributed by atoms with Gasteiger partial charge in [0.05, 0.1) is 31.8 Å². The van der Waals surface area contributed by atoms with Crippen molar-refractivity contribution < 1.29 is 18.7 Å². The number of ether oxygens (including phenoxy) is 2. The van der Waals surface area contributed by atoms with Gasteiger partial charge in [-0.3, -0.25) is 4.79 Å². The number of halogens is 1. The fourth-order valence-corrected chi connectivity index (χ4v) is 2.49. The first-order chi connectivity index (χ1) is 12.5. The number of carbonyl (C=O) groups is 1. The lowest BCUT2D eigenvalue weighted by Crippen LogP contribution is -2.15. The van der Waals surface area contributed by atoms with Crippen molar-refractivity contribution in [2.75, 3.05) is 19.5 Å². The molecule has 1 heterocycles. The van der Waals surface area contributed by atoms with E-state index in [1.54, 1.807) is 30.5 Å². The number of aromatic nitrogens is 2. The molecule has 3 aromatic rings. The Labute approximate surface area is 150 Å². The van der Waals surface area contributed by atoms with Crippen LogP contribution in [0.25, 0.3) is 5.69 Å². The molecule has 26 heavy (non-hydrogen) atoms. The second-order valence-corrected chi connectivity index (χ2v) is 5.62. The smallest absolute Gasteiger partial charge is 0.280 e. The standard InChI is InChI=1S/C19H18FN3O3/c1-12-4-9-16(25-2)15(10-12)21-19(24)18-17(26-3)11-23(22-18)14-7-5-13(20)6-8-14/h4-11H,1-3H3,(H,21,24). The van der Waals surface area contributed by atoms with E-state index < -0.39 is 5.91 Å². The first-order valence-corrected chi connectivity index (χ1v) is 7.87. The molecule has 0 fully saturated rings. The van der Waals surface area contributed by atoms with Gasteiger partial charge in [0.25, 0.3) is 5.91 Å². The fraction of sp³-hybridized carbons (Fsp3) is 0.158. The van der Waals surface area contributed by atoms with E-state index in [-0.39, 0.29) is 11.5 Å². The molecule has 0 unspecified atom stereocenters. The molecule has 6 nitrogen and oxygen atoms in total. The van der Waals surface area contributed by atoms with Gasteiger partial charge in [-0.25, -0.2) is 9.07 Å². The van der Waals surface area contributed by atoms with Crippen LogP contribution in [0.3, 0.4) is 0 Å². The number of amides is 1. The van der Waals surface area contributed by atoms with E-state index in [1.807, 2.05) is 13.0 Å². The molecule has 2 aromatic carbocycles. The molecule has 0 spiro atoms. The number of hydrogen-bond acceptors (Lipinski definition) is 4. The van der Waals surface area contributed by atoms with Gasteiger partial charge >= 0.3 is 0 Å². The average Bonchev–Trinajstić information content (AvgIpc) is 3.07. The first kappa shape index (κ1) is 17.5. The molecule has 1 aromatic heterocycles. The number of rotatable bonds is 5. The van der Waals surface area contributed by atoms with Gasteiger partial charge in [0.1, 0.15) is 11.6 Å². The summed E-state index contributed by atoms with van der Waals surface area (Å²) < 4.78 is 25.1. The zero-order chi connectivity index (χ0) is 18.7. The lowest BCUT2D eigenvalue weighted by molar-refractivity contribution is 0.101. The third kappa shape index (κ3) is 3.51. The molecule has 0 atom stereocenters. The molecule has 0 radical (unpaired) electrons. The van der Waals surface area contributed by atoms with Gasteiger partial charge in [-0.2, -0.15) is 5.10 Å². The average molecular weight is 355 g/mol. The summed E-state index contributed by atoms with van der Waals surface area (Å²) in [6, 6.07) is 11.2. The Bertz CT molecular complexity index is 936. The first-order valence-electron chi connectivity index (χ1n) is 7.87. The summed E-state index contributed by atoms with van der Waals surface area (Å²) in [6.45, 7) is 1.92. The summed E-state index contributed by atoms with van der Waals surface area (Å²) in [6.07, 6.45) is 1.57. The van der Waals surface area contributed by atoms with Crippen molar-refractivity contribution in [1.82, 2.24) is 9.78 Å². The second kappa shape index (κ2) is 7.26. The van der Waals surface area contributed by atoms with Crippen molar-refractivity contribution in [3.8, 4) is 17.2 Å². The minimum absolute atomic E-state index is 0.111. The Morgan fingerprint density at radius 3 is 2.42 bits per heavy atom. The number of aryl methyl sites for hydroxylation is 1. The van der Waals surface area contributed by atoms with Crippen LogP contribution in [0.2, 0.25) is 0 Å². The van der Waals surface area contributed by atoms with Gasteiger partial charge in [-0.1, -0.05) is 6.07 Å². The van der Waals surface area contributed by atoms with Crippen LogP contribution in [0.4, 0.5) is 10.1 Å². The minimum Gasteiger partial charge on any atom is -0.495 e. The van der Waals surface area contributed by atoms with Gasteiger partial charge < -0.3 is 14.8 Å². The molecule has 0 aliphatic carbocycles. The van der Waals surface area contributed by atoms with Crippen molar-refractivity contribution in [3.63, 3.8) is 0 Å². The Morgan fingerprint density at radius 2 is 1.77 bits per heavy atom. The lowest BCUT2D eigenvalue weighted by atomic mass is 10.2. The van der Waals surface area contributed by atoms with Crippen molar-refractivity contribution in [3.05, 3.63) is 65.7 Å². The van der Waals surface area contributed by atoms with Gasteiger partial charge in [0.2, 0.25) is 0 Å². The van der Waals surface area contributed by atoms with Crippen molar-refractivity contribution >= 4 is 11.6 Å². The highest BCUT2D eigenvalue weighted by atomic mass is 19.1. The van der Waals surface area contributed by atoms with Gasteiger partial charge in [-0.05, 0) is 48.9 Å². The summed E-state index contributed by atoms with van der Waals surface area (Å²) in [5.74, 6) is 0.0586. The summed E-state index contributed by atoms with van der Waals surface area (Å²) in [4.78, 5) is 12.7. The highest BCUT2D eigenvalue weighted by molar-refractivity contribution is 6.05. The number of carbonyl (C=O) groups excluding carboxylic acids is 1. The predicted octanol–water partition coefficient (Wildman–Crippen LogP) is 3.59. The van der Waals surface area contributed by atoms with Crippen molar-refractivity contribution in [2.24, 2.45) is 0 Å². The van der Waals surface area contributed by atoms with E-state index in [1.165, 1.54) is 31.0 Å². The van der Waals surface area contributed by atoms with Crippen LogP contribution in [0.1, 0.15) is 16.1 Å². The van der Waals surface area contributed by atoms with Gasteiger partial charge in [0.15, 0.2) is 11.4 Å². The molecule has 7 heteroatoms. The SMILES string of the molecule is COc1ccc(C)cc1NC(=O)c1nn(-c2ccc(F)cc2)cc1OC. The van der Waals surface area contributed by atoms with Crippen molar-refractivity contribution in [1.29, 1.82) is 0 Å². The molecule has 1 N–H and O–H groups in total. The number of anilines is 1. The van der Waals surface area contributed by atoms with Gasteiger partial charge in [-0.15, -0.1) is 0 Å². The Morgan fingerprint density at radius 1 is 1.08 bits per heavy atom. The molecule has 0 aliphatic heterocycles. The van der Waals surface area contributed by atoms with Crippen LogP contribution in [0.15, 0.2) is 48.7 Å². The Balaban J connectivity index is 1.92. The number of hydrogen-bond donors (Lipinski definition) is 1. The highest BCUT2D eigenvalue weighted by Crippen LogP contribution is 2.27. The maximum atomic E-state index is 13.1. The maximum absolute atomic E-state index is 13.1. The van der Waals surface area contributed by atoms with Crippen LogP contribution in [0, 0.1) is 12.7 Å². The van der Waals surface area contributed by atoms with Gasteiger partial charge in [0, 0.05) is 0 Å². The van der Waals surface area contributed by atoms with E-state index in [2.05, 4.69) is 10.4 Å². The molecule has 134 valence electrons. The summed E-state index contributed by atoms with van der Waals surface area (Å²) in [7, 11) is 2.99. The van der Waals surface area contributed by atoms with Crippen molar-refractivity contribution in [2.45, 2.75) is 6.92 Å². The number of benzene rings is 2. The van der Waals surface area contributed by atoms with E-state index in [0.29, 0.717) is 22.9 Å². The third-order valence-electron chi connectivity index (χ3n) is 3.81. The van der Waals surface area contributed by atoms with E-state index in [9.17, 15) is 9.18 Å². The molecule has 0 aliphatic rings. The van der Waals surface area contributed by atoms with Crippen LogP contribution >= 0.6 is 0 Å². The number of methoxy groups -OCH3 is 2. The second-order valence-electron chi connectivity index (χ2n) is 5.62. The van der Waals surface area contributed by atoms with Crippen LogP contribution in [-0.2, 0) is 0 Å². The zero-order valence-corrected chi connectivity index (χ0v) is 14.6. The van der Waals surface area contributed by atoms with Crippen LogP contribution in [-0.4, -0.2) is 29.9 Å². The third-order valence-corrected chi connectivity index (χ3v) is 3.81. The topological polar surface area (TPSA) is 65.4 Å². The Kier molecular flexibility index (Phi) is 4.88. The maximum Gasteiger partial charge on any atom is 0.280 e. The summed E-state index contributed by atoms with van der Waals surface area (Å²) >= 11 is 0. The molecule has 1 amide bonds. The number of nitrogens with one attached hydrogen (secondary N) is 1. The van der Waals surface area contributed by atoms with E-state index in [4.69, 9.17) is 9.47 Å². The van der Waals surface area contributed by atoms with E-state index >= 15 is 0 Å². The molecular weight excluding hydrogens is 337 g/mol. The Hall–Kier alpha value is -3.35. The molecule has 0 saturated carbocycles. The summed E-state index contributed by atoms with van der Waals surface area (Å²) in [5.41, 5.74) is 2.23. The fourth-order valence-electron chi connectivity index (χ4n) is 2.49.